The molecule has 1 fully saturated rings. The lowest BCUT2D eigenvalue weighted by molar-refractivity contribution is 0.599. The summed E-state index contributed by atoms with van der Waals surface area (Å²) in [5, 5.41) is 10.7. The van der Waals surface area contributed by atoms with Gasteiger partial charge in [-0.05, 0) is 24.6 Å². The molecule has 0 spiro atoms. The van der Waals surface area contributed by atoms with Gasteiger partial charge in [-0.1, -0.05) is 18.2 Å². The van der Waals surface area contributed by atoms with E-state index in [-0.39, 0.29) is 17.5 Å². The van der Waals surface area contributed by atoms with Gasteiger partial charge < -0.3 is 16.0 Å². The first-order valence-corrected chi connectivity index (χ1v) is 10.2. The van der Waals surface area contributed by atoms with Crippen molar-refractivity contribution in [3.05, 3.63) is 36.4 Å². The van der Waals surface area contributed by atoms with Crippen LogP contribution >= 0.6 is 0 Å². The fourth-order valence-electron chi connectivity index (χ4n) is 2.83. The summed E-state index contributed by atoms with van der Waals surface area (Å²) in [6.45, 7) is 1.32. The molecular formula is C17H23N5O2S. The van der Waals surface area contributed by atoms with E-state index in [1.54, 1.807) is 7.05 Å². The number of nitrogens with one attached hydrogen (secondary N) is 3. The normalized spacial score (nSPS) is 19.7. The van der Waals surface area contributed by atoms with Gasteiger partial charge in [0.25, 0.3) is 0 Å². The first-order valence-electron chi connectivity index (χ1n) is 8.33. The standard InChI is InChI=1S/C17H23N5O2S/c1-18-17(21-14-8-11-25(23,24)12-14)20-10-9-19-16-7-6-13-4-2-3-5-15(13)22-16/h2-7,14H,8-12H2,1H3,(H,19,22)(H2,18,20,21). The van der Waals surface area contributed by atoms with Crippen molar-refractivity contribution in [2.24, 2.45) is 4.99 Å². The Balaban J connectivity index is 1.45. The molecule has 0 aliphatic carbocycles. The number of pyridine rings is 1. The number of para-hydroxylation sites is 1. The Kier molecular flexibility index (Phi) is 5.37. The Bertz CT molecular complexity index is 866. The zero-order valence-electron chi connectivity index (χ0n) is 14.2. The van der Waals surface area contributed by atoms with Crippen LogP contribution in [0.4, 0.5) is 5.82 Å². The van der Waals surface area contributed by atoms with Gasteiger partial charge in [0.1, 0.15) is 5.82 Å². The monoisotopic (exact) mass is 361 g/mol. The van der Waals surface area contributed by atoms with Crippen LogP contribution in [0.3, 0.4) is 0 Å². The predicted molar refractivity (Wildman–Crippen MR) is 102 cm³/mol. The van der Waals surface area contributed by atoms with Gasteiger partial charge in [0.2, 0.25) is 0 Å². The number of anilines is 1. The second-order valence-electron chi connectivity index (χ2n) is 6.06. The second-order valence-corrected chi connectivity index (χ2v) is 8.29. The number of nitrogens with zero attached hydrogens (tertiary/aromatic N) is 2. The van der Waals surface area contributed by atoms with Gasteiger partial charge in [0, 0.05) is 31.6 Å². The largest absolute Gasteiger partial charge is 0.368 e. The van der Waals surface area contributed by atoms with Gasteiger partial charge in [-0.2, -0.15) is 0 Å². The van der Waals surface area contributed by atoms with E-state index in [4.69, 9.17) is 0 Å². The second kappa shape index (κ2) is 7.69. The first kappa shape index (κ1) is 17.5. The molecule has 134 valence electrons. The van der Waals surface area contributed by atoms with Crippen molar-refractivity contribution in [3.8, 4) is 0 Å². The van der Waals surface area contributed by atoms with E-state index in [0.717, 1.165) is 16.7 Å². The fourth-order valence-corrected chi connectivity index (χ4v) is 4.51. The number of aliphatic imine (C=N–C) groups is 1. The third kappa shape index (κ3) is 4.82. The Morgan fingerprint density at radius 1 is 1.24 bits per heavy atom. The van der Waals surface area contributed by atoms with E-state index < -0.39 is 9.84 Å². The highest BCUT2D eigenvalue weighted by Gasteiger charge is 2.28. The number of fused-ring (bicyclic) bond motifs is 1. The van der Waals surface area contributed by atoms with Crippen LogP contribution < -0.4 is 16.0 Å². The molecule has 1 aliphatic heterocycles. The van der Waals surface area contributed by atoms with Crippen molar-refractivity contribution >= 4 is 32.5 Å². The van der Waals surface area contributed by atoms with Gasteiger partial charge >= 0.3 is 0 Å². The molecule has 7 nitrogen and oxygen atoms in total. The van der Waals surface area contributed by atoms with Crippen molar-refractivity contribution in [1.29, 1.82) is 0 Å². The molecule has 1 aliphatic rings. The molecule has 0 saturated carbocycles. The highest BCUT2D eigenvalue weighted by Crippen LogP contribution is 2.14. The van der Waals surface area contributed by atoms with Gasteiger partial charge in [-0.25, -0.2) is 13.4 Å². The molecule has 1 unspecified atom stereocenters. The number of sulfone groups is 1. The Morgan fingerprint density at radius 2 is 2.08 bits per heavy atom. The van der Waals surface area contributed by atoms with Crippen molar-refractivity contribution in [2.45, 2.75) is 12.5 Å². The first-order chi connectivity index (χ1) is 12.1. The molecule has 8 heteroatoms. The summed E-state index contributed by atoms with van der Waals surface area (Å²) < 4.78 is 23.0. The van der Waals surface area contributed by atoms with E-state index in [1.165, 1.54) is 0 Å². The van der Waals surface area contributed by atoms with Crippen LogP contribution in [-0.4, -0.2) is 57.0 Å². The quantitative estimate of drug-likeness (QED) is 0.418. The minimum Gasteiger partial charge on any atom is -0.368 e. The Hall–Kier alpha value is -2.35. The topological polar surface area (TPSA) is 95.5 Å². The van der Waals surface area contributed by atoms with E-state index >= 15 is 0 Å². The summed E-state index contributed by atoms with van der Waals surface area (Å²) >= 11 is 0. The van der Waals surface area contributed by atoms with Crippen LogP contribution in [-0.2, 0) is 9.84 Å². The van der Waals surface area contributed by atoms with Gasteiger partial charge in [-0.3, -0.25) is 4.99 Å². The third-order valence-electron chi connectivity index (χ3n) is 4.12. The minimum atomic E-state index is -2.89. The third-order valence-corrected chi connectivity index (χ3v) is 5.89. The summed E-state index contributed by atoms with van der Waals surface area (Å²) in [7, 11) is -1.22. The highest BCUT2D eigenvalue weighted by molar-refractivity contribution is 7.91. The van der Waals surface area contributed by atoms with Crippen LogP contribution in [0.2, 0.25) is 0 Å². The number of guanidine groups is 1. The summed E-state index contributed by atoms with van der Waals surface area (Å²) in [6.07, 6.45) is 0.627. The SMILES string of the molecule is CN=C(NCCNc1ccc2ccccc2n1)NC1CCS(=O)(=O)C1. The summed E-state index contributed by atoms with van der Waals surface area (Å²) in [4.78, 5) is 8.70. The summed E-state index contributed by atoms with van der Waals surface area (Å²) in [6, 6.07) is 11.9. The maximum Gasteiger partial charge on any atom is 0.191 e. The highest BCUT2D eigenvalue weighted by atomic mass is 32.2. The molecule has 0 amide bonds. The minimum absolute atomic E-state index is 0.0636. The van der Waals surface area contributed by atoms with Crippen molar-refractivity contribution in [3.63, 3.8) is 0 Å². The fraction of sp³-hybridized carbons (Fsp3) is 0.412. The molecule has 1 aromatic heterocycles. The smallest absolute Gasteiger partial charge is 0.191 e. The average Bonchev–Trinajstić information content (AvgIpc) is 2.96. The lowest BCUT2D eigenvalue weighted by Gasteiger charge is -2.16. The molecule has 3 N–H and O–H groups in total. The predicted octanol–water partition coefficient (Wildman–Crippen LogP) is 0.999. The summed E-state index contributed by atoms with van der Waals surface area (Å²) in [5.41, 5.74) is 0.959. The Morgan fingerprint density at radius 3 is 2.84 bits per heavy atom. The summed E-state index contributed by atoms with van der Waals surface area (Å²) in [5.74, 6) is 1.87. The lowest BCUT2D eigenvalue weighted by Crippen LogP contribution is -2.45. The number of hydrogen-bond donors (Lipinski definition) is 3. The maximum absolute atomic E-state index is 11.5. The zero-order valence-corrected chi connectivity index (χ0v) is 15.0. The van der Waals surface area contributed by atoms with Crippen molar-refractivity contribution < 1.29 is 8.42 Å². The van der Waals surface area contributed by atoms with Crippen LogP contribution in [0.15, 0.2) is 41.4 Å². The van der Waals surface area contributed by atoms with Crippen LogP contribution in [0.1, 0.15) is 6.42 Å². The average molecular weight is 361 g/mol. The van der Waals surface area contributed by atoms with Gasteiger partial charge in [0.05, 0.1) is 17.0 Å². The molecule has 2 aromatic rings. The number of hydrogen-bond acceptors (Lipinski definition) is 5. The van der Waals surface area contributed by atoms with Crippen LogP contribution in [0, 0.1) is 0 Å². The number of benzene rings is 1. The number of aromatic nitrogens is 1. The Labute approximate surface area is 147 Å². The number of rotatable bonds is 5. The molecule has 0 bridgehead atoms. The van der Waals surface area contributed by atoms with Crippen LogP contribution in [0.5, 0.6) is 0 Å². The molecule has 1 saturated heterocycles. The van der Waals surface area contributed by atoms with Crippen molar-refractivity contribution in [2.75, 3.05) is 37.0 Å². The molecular weight excluding hydrogens is 338 g/mol. The van der Waals surface area contributed by atoms with E-state index in [2.05, 4.69) is 25.9 Å². The molecule has 25 heavy (non-hydrogen) atoms. The maximum atomic E-state index is 11.5. The van der Waals surface area contributed by atoms with E-state index in [0.29, 0.717) is 25.5 Å². The lowest BCUT2D eigenvalue weighted by atomic mass is 10.2. The molecule has 2 heterocycles. The molecule has 1 atom stereocenters. The van der Waals surface area contributed by atoms with Crippen molar-refractivity contribution in [1.82, 2.24) is 15.6 Å². The zero-order chi connectivity index (χ0) is 17.7. The molecule has 1 aromatic carbocycles. The van der Waals surface area contributed by atoms with Crippen LogP contribution in [0.25, 0.3) is 10.9 Å². The molecule has 3 rings (SSSR count). The van der Waals surface area contributed by atoms with Gasteiger partial charge in [-0.15, -0.1) is 0 Å². The van der Waals surface area contributed by atoms with E-state index in [1.807, 2.05) is 36.4 Å². The van der Waals surface area contributed by atoms with E-state index in [9.17, 15) is 8.42 Å². The van der Waals surface area contributed by atoms with Gasteiger partial charge in [0.15, 0.2) is 15.8 Å². The molecule has 0 radical (unpaired) electrons.